The predicted octanol–water partition coefficient (Wildman–Crippen LogP) is 16.1. The van der Waals surface area contributed by atoms with Crippen LogP contribution >= 0.6 is 11.3 Å². The van der Waals surface area contributed by atoms with Crippen LogP contribution in [0, 0.1) is 0 Å². The summed E-state index contributed by atoms with van der Waals surface area (Å²) in [6.07, 6.45) is 0. The van der Waals surface area contributed by atoms with Crippen LogP contribution in [0.15, 0.2) is 218 Å². The zero-order valence-corrected chi connectivity index (χ0v) is 34.1. The van der Waals surface area contributed by atoms with Crippen LogP contribution < -0.4 is 0 Å². The number of aromatic nitrogens is 4. The van der Waals surface area contributed by atoms with E-state index in [9.17, 15) is 11.0 Å². The molecular formula is C59H36N4S. The fourth-order valence-electron chi connectivity index (χ4n) is 9.61. The summed E-state index contributed by atoms with van der Waals surface area (Å²) in [6.45, 7) is 0. The fraction of sp³-hybridized carbons (Fsp3) is 0. The monoisotopic (exact) mass is 848 g/mol. The number of para-hydroxylation sites is 6. The molecule has 0 amide bonds. The zero-order chi connectivity index (χ0) is 55.8. The highest BCUT2D eigenvalue weighted by molar-refractivity contribution is 7.25. The lowest BCUT2D eigenvalue weighted by Gasteiger charge is -2.21. The highest BCUT2D eigenvalue weighted by Crippen LogP contribution is 2.47. The summed E-state index contributed by atoms with van der Waals surface area (Å²) in [5, 5.41) is 2.99. The highest BCUT2D eigenvalue weighted by Gasteiger charge is 2.24. The average molecular weight is 849 g/mol. The van der Waals surface area contributed by atoms with E-state index in [0.29, 0.717) is 22.4 Å². The summed E-state index contributed by atoms with van der Waals surface area (Å²) in [5.74, 6) is -0.349. The van der Waals surface area contributed by atoms with Crippen molar-refractivity contribution >= 4 is 96.9 Å². The molecule has 14 aromatic rings. The molecule has 0 bridgehead atoms. The van der Waals surface area contributed by atoms with Gasteiger partial charge in [-0.15, -0.1) is 11.3 Å². The smallest absolute Gasteiger partial charge is 0.140 e. The Hall–Kier alpha value is -8.25. The lowest BCUT2D eigenvalue weighted by molar-refractivity contribution is 1.01. The maximum atomic E-state index is 9.54. The molecule has 5 aromatic heterocycles. The molecule has 0 fully saturated rings. The molecule has 64 heavy (non-hydrogen) atoms. The summed E-state index contributed by atoms with van der Waals surface area (Å²) in [6, 6.07) is 29.3. The van der Waals surface area contributed by atoms with E-state index in [1.165, 1.54) is 9.13 Å². The molecule has 0 radical (unpaired) electrons. The van der Waals surface area contributed by atoms with Crippen molar-refractivity contribution in [3.05, 3.63) is 218 Å². The van der Waals surface area contributed by atoms with E-state index in [1.807, 2.05) is 91.0 Å². The lowest BCUT2D eigenvalue weighted by atomic mass is 9.90. The summed E-state index contributed by atoms with van der Waals surface area (Å²) in [4.78, 5) is 5.22. The Morgan fingerprint density at radius 3 is 1.39 bits per heavy atom. The fourth-order valence-corrected chi connectivity index (χ4v) is 10.7. The Labute approximate surface area is 394 Å². The van der Waals surface area contributed by atoms with Gasteiger partial charge in [-0.05, 0) is 83.3 Å². The van der Waals surface area contributed by atoms with Crippen LogP contribution in [0.3, 0.4) is 0 Å². The van der Waals surface area contributed by atoms with Crippen LogP contribution in [0.4, 0.5) is 0 Å². The van der Waals surface area contributed by atoms with Crippen LogP contribution in [0.2, 0.25) is 0 Å². The first-order valence-electron chi connectivity index (χ1n) is 28.5. The van der Waals surface area contributed by atoms with Crippen LogP contribution in [0.5, 0.6) is 0 Å². The van der Waals surface area contributed by atoms with E-state index in [0.717, 1.165) is 47.5 Å². The molecule has 5 heterocycles. The number of thiophene rings is 1. The first kappa shape index (κ1) is 23.3. The number of hydrogen-bond acceptors (Lipinski definition) is 2. The van der Waals surface area contributed by atoms with Gasteiger partial charge in [-0.2, -0.15) is 0 Å². The summed E-state index contributed by atoms with van der Waals surface area (Å²) in [5.41, 5.74) is 3.73. The summed E-state index contributed by atoms with van der Waals surface area (Å²) in [7, 11) is 0. The largest absolute Gasteiger partial charge is 0.309 e. The lowest BCUT2D eigenvalue weighted by Crippen LogP contribution is -2.06. The molecule has 14 rings (SSSR count). The number of benzene rings is 9. The first-order chi connectivity index (χ1) is 38.4. The molecule has 0 saturated carbocycles. The SMILES string of the molecule is [2H]c1c([2H])c([2H])c2c(c1[2H])c1c([2H])c([2H])c([2H])c([2H])c1n2-c1cc(-c2c(-c3cccc4sc5ccccc5c34)cccc2-n2c3ccccc3c3ccccc32)cc(-n2c3c([2H])c([2H])c([2H])c([2H])c3c3c([2H])c([2H])c([2H])c([2H])c32)n1. The Morgan fingerprint density at radius 1 is 0.375 bits per heavy atom. The van der Waals surface area contributed by atoms with Crippen molar-refractivity contribution in [2.24, 2.45) is 0 Å². The summed E-state index contributed by atoms with van der Waals surface area (Å²) < 4.78 is 153. The molecule has 0 N–H and O–H groups in total. The first-order valence-corrected chi connectivity index (χ1v) is 21.3. The van der Waals surface area contributed by atoms with Crippen molar-refractivity contribution in [3.8, 4) is 39.6 Å². The van der Waals surface area contributed by atoms with E-state index < -0.39 is 96.7 Å². The van der Waals surface area contributed by atoms with Crippen molar-refractivity contribution in [1.29, 1.82) is 0 Å². The topological polar surface area (TPSA) is 27.7 Å². The molecule has 0 atom stereocenters. The van der Waals surface area contributed by atoms with Gasteiger partial charge < -0.3 is 4.57 Å². The van der Waals surface area contributed by atoms with Crippen LogP contribution in [-0.4, -0.2) is 18.7 Å². The molecule has 9 aromatic carbocycles. The molecule has 298 valence electrons. The van der Waals surface area contributed by atoms with Gasteiger partial charge in [0.2, 0.25) is 0 Å². The highest BCUT2D eigenvalue weighted by atomic mass is 32.1. The molecule has 0 aliphatic rings. The average Bonchev–Trinajstić information content (AvgIpc) is 4.38. The molecule has 0 aliphatic heterocycles. The van der Waals surface area contributed by atoms with Crippen molar-refractivity contribution in [1.82, 2.24) is 18.7 Å². The Balaban J connectivity index is 1.26. The number of hydrogen-bond donors (Lipinski definition) is 0. The van der Waals surface area contributed by atoms with Gasteiger partial charge in [-0.25, -0.2) is 4.98 Å². The second-order valence-corrected chi connectivity index (χ2v) is 16.6. The minimum absolute atomic E-state index is 0.175. The second-order valence-electron chi connectivity index (χ2n) is 15.5. The van der Waals surface area contributed by atoms with E-state index in [1.54, 1.807) is 23.5 Å². The Kier molecular flexibility index (Phi) is 4.95. The van der Waals surface area contributed by atoms with Crippen LogP contribution in [-0.2, 0) is 0 Å². The van der Waals surface area contributed by atoms with Gasteiger partial charge >= 0.3 is 0 Å². The number of pyridine rings is 1. The van der Waals surface area contributed by atoms with Crippen molar-refractivity contribution in [3.63, 3.8) is 0 Å². The standard InChI is InChI=1S/C59H36N4S/c1-8-26-47-38(17-1)39-18-2-9-27-48(39)61(47)53-32-15-24-44(45-25-16-34-55-59(45)46-23-7-14-33-54(46)64-55)58(53)37-35-56(62-49-28-10-3-19-40(49)41-20-4-11-29-50(41)62)60-57(36-37)63-51-30-12-5-21-42(51)43-22-6-13-31-52(43)63/h1-36H/i3D,4D,5D,6D,10D,11D,12D,13D,19D,20D,21D,22D,28D,29D,30D,31D. The van der Waals surface area contributed by atoms with E-state index >= 15 is 0 Å². The van der Waals surface area contributed by atoms with Gasteiger partial charge in [0, 0.05) is 58.1 Å². The predicted molar refractivity (Wildman–Crippen MR) is 271 cm³/mol. The second kappa shape index (κ2) is 13.6. The Bertz CT molecular complexity index is 4780. The molecule has 0 saturated heterocycles. The van der Waals surface area contributed by atoms with E-state index in [2.05, 4.69) is 22.8 Å². The third kappa shape index (κ3) is 5.01. The van der Waals surface area contributed by atoms with Crippen LogP contribution in [0.25, 0.3) is 125 Å². The number of nitrogens with zero attached hydrogens (tertiary/aromatic N) is 4. The molecule has 5 heteroatoms. The van der Waals surface area contributed by atoms with Crippen molar-refractivity contribution in [2.75, 3.05) is 0 Å². The molecule has 0 unspecified atom stereocenters. The van der Waals surface area contributed by atoms with Crippen molar-refractivity contribution in [2.45, 2.75) is 0 Å². The quantitative estimate of drug-likeness (QED) is 0.170. The maximum absolute atomic E-state index is 9.54. The normalized spacial score (nSPS) is 15.6. The van der Waals surface area contributed by atoms with E-state index in [4.69, 9.17) is 16.0 Å². The molecule has 4 nitrogen and oxygen atoms in total. The molecule has 0 spiro atoms. The van der Waals surface area contributed by atoms with E-state index in [-0.39, 0.29) is 55.2 Å². The molecular weight excluding hydrogens is 797 g/mol. The van der Waals surface area contributed by atoms with Gasteiger partial charge in [0.1, 0.15) is 11.6 Å². The van der Waals surface area contributed by atoms with Crippen molar-refractivity contribution < 1.29 is 21.9 Å². The molecule has 0 aliphatic carbocycles. The zero-order valence-electron chi connectivity index (χ0n) is 49.2. The maximum Gasteiger partial charge on any atom is 0.140 e. The van der Waals surface area contributed by atoms with Gasteiger partial charge in [-0.3, -0.25) is 9.13 Å². The number of fused-ring (bicyclic) bond motifs is 12. The van der Waals surface area contributed by atoms with Crippen LogP contribution in [0.1, 0.15) is 21.9 Å². The van der Waals surface area contributed by atoms with Gasteiger partial charge in [0.25, 0.3) is 0 Å². The minimum Gasteiger partial charge on any atom is -0.309 e. The third-order valence-electron chi connectivity index (χ3n) is 12.2. The minimum atomic E-state index is -0.664. The number of rotatable bonds is 5. The summed E-state index contributed by atoms with van der Waals surface area (Å²) >= 11 is 1.63. The van der Waals surface area contributed by atoms with Gasteiger partial charge in [0.15, 0.2) is 0 Å². The Morgan fingerprint density at radius 2 is 0.828 bits per heavy atom. The third-order valence-corrected chi connectivity index (χ3v) is 13.3. The van der Waals surface area contributed by atoms with Gasteiger partial charge in [0.05, 0.1) is 60.7 Å². The van der Waals surface area contributed by atoms with Gasteiger partial charge in [-0.1, -0.05) is 151 Å².